The van der Waals surface area contributed by atoms with Gasteiger partial charge in [0.15, 0.2) is 0 Å². The molecule has 0 aliphatic heterocycles. The molecule has 0 saturated carbocycles. The molecule has 0 spiro atoms. The number of nitrogens with zero attached hydrogens (tertiary/aromatic N) is 1. The van der Waals surface area contributed by atoms with Crippen LogP contribution in [0.2, 0.25) is 0 Å². The minimum Gasteiger partial charge on any atom is -0.497 e. The van der Waals surface area contributed by atoms with Gasteiger partial charge in [-0.15, -0.1) is 0 Å². The number of carbonyl (C=O) groups excluding carboxylic acids is 1. The number of pyridine rings is 1. The van der Waals surface area contributed by atoms with Crippen molar-refractivity contribution in [3.63, 3.8) is 0 Å². The van der Waals surface area contributed by atoms with Gasteiger partial charge in [-0.3, -0.25) is 9.78 Å². The summed E-state index contributed by atoms with van der Waals surface area (Å²) in [5.74, 6) is 0.565. The normalized spacial score (nSPS) is 9.79. The zero-order valence-electron chi connectivity index (χ0n) is 10.8. The van der Waals surface area contributed by atoms with E-state index in [1.165, 1.54) is 0 Å². The van der Waals surface area contributed by atoms with Crippen LogP contribution in [-0.4, -0.2) is 25.0 Å². The first-order chi connectivity index (χ1) is 9.24. The topological polar surface area (TPSA) is 63.2 Å². The number of rotatable bonds is 4. The third-order valence-corrected chi connectivity index (χ3v) is 2.68. The standard InChI is InChI=1S/C14H15N3O2/c1-15-13-9-16-8-7-12(13)14(18)17-10-3-5-11(19-2)6-4-10/h3-9,15H,1-2H3,(H,17,18). The van der Waals surface area contributed by atoms with E-state index in [4.69, 9.17) is 4.74 Å². The van der Waals surface area contributed by atoms with Crippen molar-refractivity contribution >= 4 is 17.3 Å². The molecule has 1 amide bonds. The van der Waals surface area contributed by atoms with Gasteiger partial charge in [0.2, 0.25) is 0 Å². The smallest absolute Gasteiger partial charge is 0.257 e. The summed E-state index contributed by atoms with van der Waals surface area (Å²) in [6.45, 7) is 0. The third-order valence-electron chi connectivity index (χ3n) is 2.68. The van der Waals surface area contributed by atoms with Crippen LogP contribution in [0.1, 0.15) is 10.4 Å². The van der Waals surface area contributed by atoms with Gasteiger partial charge in [-0.1, -0.05) is 0 Å². The number of amides is 1. The second-order valence-electron chi connectivity index (χ2n) is 3.85. The van der Waals surface area contributed by atoms with E-state index in [1.54, 1.807) is 56.9 Å². The summed E-state index contributed by atoms with van der Waals surface area (Å²) in [6, 6.07) is 8.83. The molecular formula is C14H15N3O2. The number of hydrogen-bond acceptors (Lipinski definition) is 4. The molecule has 0 saturated heterocycles. The van der Waals surface area contributed by atoms with Gasteiger partial charge in [0.1, 0.15) is 5.75 Å². The molecule has 0 radical (unpaired) electrons. The molecule has 2 rings (SSSR count). The lowest BCUT2D eigenvalue weighted by atomic mass is 10.2. The van der Waals surface area contributed by atoms with E-state index in [0.29, 0.717) is 16.9 Å². The molecule has 0 aliphatic rings. The molecule has 19 heavy (non-hydrogen) atoms. The second kappa shape index (κ2) is 5.86. The molecule has 98 valence electrons. The van der Waals surface area contributed by atoms with Gasteiger partial charge in [0, 0.05) is 18.9 Å². The van der Waals surface area contributed by atoms with Gasteiger partial charge in [-0.05, 0) is 30.3 Å². The summed E-state index contributed by atoms with van der Waals surface area (Å²) in [7, 11) is 3.35. The lowest BCUT2D eigenvalue weighted by Gasteiger charge is -2.09. The maximum atomic E-state index is 12.1. The number of benzene rings is 1. The van der Waals surface area contributed by atoms with Crippen molar-refractivity contribution in [3.8, 4) is 5.75 Å². The lowest BCUT2D eigenvalue weighted by Crippen LogP contribution is -2.14. The maximum absolute atomic E-state index is 12.1. The molecule has 1 heterocycles. The highest BCUT2D eigenvalue weighted by molar-refractivity contribution is 6.07. The van der Waals surface area contributed by atoms with Gasteiger partial charge in [-0.2, -0.15) is 0 Å². The van der Waals surface area contributed by atoms with Crippen LogP contribution in [0.3, 0.4) is 0 Å². The number of hydrogen-bond donors (Lipinski definition) is 2. The highest BCUT2D eigenvalue weighted by Gasteiger charge is 2.10. The Kier molecular flexibility index (Phi) is 3.97. The van der Waals surface area contributed by atoms with Crippen molar-refractivity contribution in [1.29, 1.82) is 0 Å². The molecule has 0 fully saturated rings. The molecule has 5 heteroatoms. The summed E-state index contributed by atoms with van der Waals surface area (Å²) in [4.78, 5) is 16.1. The van der Waals surface area contributed by atoms with E-state index in [2.05, 4.69) is 15.6 Å². The first-order valence-corrected chi connectivity index (χ1v) is 5.81. The van der Waals surface area contributed by atoms with Crippen LogP contribution in [0.15, 0.2) is 42.7 Å². The zero-order chi connectivity index (χ0) is 13.7. The van der Waals surface area contributed by atoms with Crippen molar-refractivity contribution in [3.05, 3.63) is 48.3 Å². The van der Waals surface area contributed by atoms with Gasteiger partial charge in [-0.25, -0.2) is 0 Å². The quantitative estimate of drug-likeness (QED) is 0.882. The van der Waals surface area contributed by atoms with Gasteiger partial charge in [0.05, 0.1) is 24.6 Å². The number of aromatic nitrogens is 1. The maximum Gasteiger partial charge on any atom is 0.257 e. The van der Waals surface area contributed by atoms with Gasteiger partial charge >= 0.3 is 0 Å². The van der Waals surface area contributed by atoms with Gasteiger partial charge < -0.3 is 15.4 Å². The summed E-state index contributed by atoms with van der Waals surface area (Å²) >= 11 is 0. The highest BCUT2D eigenvalue weighted by atomic mass is 16.5. The minimum atomic E-state index is -0.183. The molecule has 2 aromatic rings. The average molecular weight is 257 g/mol. The predicted octanol–water partition coefficient (Wildman–Crippen LogP) is 2.38. The fraction of sp³-hybridized carbons (Fsp3) is 0.143. The monoisotopic (exact) mass is 257 g/mol. The molecule has 1 aromatic carbocycles. The van der Waals surface area contributed by atoms with Crippen molar-refractivity contribution in [1.82, 2.24) is 4.98 Å². The molecular weight excluding hydrogens is 242 g/mol. The van der Waals surface area contributed by atoms with Gasteiger partial charge in [0.25, 0.3) is 5.91 Å². The Morgan fingerprint density at radius 1 is 1.21 bits per heavy atom. The van der Waals surface area contributed by atoms with Crippen LogP contribution < -0.4 is 15.4 Å². The number of ether oxygens (including phenoxy) is 1. The van der Waals surface area contributed by atoms with Crippen LogP contribution in [0.5, 0.6) is 5.75 Å². The van der Waals surface area contributed by atoms with Crippen molar-refractivity contribution < 1.29 is 9.53 Å². The SMILES string of the molecule is CNc1cnccc1C(=O)Nc1ccc(OC)cc1. The summed E-state index contributed by atoms with van der Waals surface area (Å²) < 4.78 is 5.06. The predicted molar refractivity (Wildman–Crippen MR) is 74.7 cm³/mol. The zero-order valence-corrected chi connectivity index (χ0v) is 10.8. The lowest BCUT2D eigenvalue weighted by molar-refractivity contribution is 0.102. The van der Waals surface area contributed by atoms with E-state index in [-0.39, 0.29) is 5.91 Å². The number of nitrogens with one attached hydrogen (secondary N) is 2. The van der Waals surface area contributed by atoms with Crippen LogP contribution >= 0.6 is 0 Å². The Balaban J connectivity index is 2.16. The fourth-order valence-electron chi connectivity index (χ4n) is 1.66. The third kappa shape index (κ3) is 3.01. The first kappa shape index (κ1) is 12.9. The second-order valence-corrected chi connectivity index (χ2v) is 3.85. The summed E-state index contributed by atoms with van der Waals surface area (Å²) in [6.07, 6.45) is 3.20. The van der Waals surface area contributed by atoms with Crippen LogP contribution in [0, 0.1) is 0 Å². The summed E-state index contributed by atoms with van der Waals surface area (Å²) in [5, 5.41) is 5.76. The van der Waals surface area contributed by atoms with Crippen molar-refractivity contribution in [2.45, 2.75) is 0 Å². The Labute approximate surface area is 111 Å². The van der Waals surface area contributed by atoms with E-state index in [9.17, 15) is 4.79 Å². The van der Waals surface area contributed by atoms with Crippen LogP contribution in [0.4, 0.5) is 11.4 Å². The Morgan fingerprint density at radius 3 is 2.58 bits per heavy atom. The highest BCUT2D eigenvalue weighted by Crippen LogP contribution is 2.18. The Morgan fingerprint density at radius 2 is 1.95 bits per heavy atom. The fourth-order valence-corrected chi connectivity index (χ4v) is 1.66. The van der Waals surface area contributed by atoms with E-state index in [0.717, 1.165) is 5.75 Å². The Hall–Kier alpha value is -2.56. The molecule has 0 bridgehead atoms. The van der Waals surface area contributed by atoms with Crippen LogP contribution in [0.25, 0.3) is 0 Å². The van der Waals surface area contributed by atoms with Crippen LogP contribution in [-0.2, 0) is 0 Å². The molecule has 0 aliphatic carbocycles. The van der Waals surface area contributed by atoms with Crippen molar-refractivity contribution in [2.75, 3.05) is 24.8 Å². The molecule has 0 unspecified atom stereocenters. The van der Waals surface area contributed by atoms with E-state index < -0.39 is 0 Å². The molecule has 0 atom stereocenters. The molecule has 5 nitrogen and oxygen atoms in total. The number of carbonyl (C=O) groups is 1. The first-order valence-electron chi connectivity index (χ1n) is 5.81. The number of methoxy groups -OCH3 is 1. The number of anilines is 2. The van der Waals surface area contributed by atoms with E-state index in [1.807, 2.05) is 0 Å². The largest absolute Gasteiger partial charge is 0.497 e. The Bertz CT molecular complexity index is 567. The summed E-state index contributed by atoms with van der Waals surface area (Å²) in [5.41, 5.74) is 1.95. The molecule has 2 N–H and O–H groups in total. The minimum absolute atomic E-state index is 0.183. The van der Waals surface area contributed by atoms with E-state index >= 15 is 0 Å². The molecule has 1 aromatic heterocycles. The average Bonchev–Trinajstić information content (AvgIpc) is 2.48. The van der Waals surface area contributed by atoms with Crippen molar-refractivity contribution in [2.24, 2.45) is 0 Å².